The van der Waals surface area contributed by atoms with E-state index in [9.17, 15) is 0 Å². The summed E-state index contributed by atoms with van der Waals surface area (Å²) in [5, 5.41) is 0.773. The van der Waals surface area contributed by atoms with E-state index in [1.165, 1.54) is 11.1 Å². The van der Waals surface area contributed by atoms with E-state index >= 15 is 0 Å². The fraction of sp³-hybridized carbons (Fsp3) is 0.571. The van der Waals surface area contributed by atoms with Crippen molar-refractivity contribution in [1.82, 2.24) is 0 Å². The highest BCUT2D eigenvalue weighted by Crippen LogP contribution is 2.53. The van der Waals surface area contributed by atoms with Gasteiger partial charge in [0.15, 0.2) is 0 Å². The van der Waals surface area contributed by atoms with E-state index in [2.05, 4.69) is 19.9 Å². The Morgan fingerprint density at radius 1 is 1.35 bits per heavy atom. The lowest BCUT2D eigenvalue weighted by Crippen LogP contribution is -2.32. The van der Waals surface area contributed by atoms with Crippen LogP contribution in [0, 0.1) is 13.8 Å². The molecule has 3 heteroatoms. The van der Waals surface area contributed by atoms with Gasteiger partial charge in [-0.15, -0.1) is 0 Å². The van der Waals surface area contributed by atoms with Crippen molar-refractivity contribution in [2.45, 2.75) is 45.1 Å². The molecule has 1 saturated carbocycles. The van der Waals surface area contributed by atoms with Crippen molar-refractivity contribution in [1.29, 1.82) is 0 Å². The summed E-state index contributed by atoms with van der Waals surface area (Å²) in [5.41, 5.74) is 9.71. The van der Waals surface area contributed by atoms with E-state index < -0.39 is 0 Å². The summed E-state index contributed by atoms with van der Waals surface area (Å²) in [5.74, 6) is 0.902. The molecule has 2 N–H and O–H groups in total. The Labute approximate surface area is 108 Å². The minimum atomic E-state index is 0.120. The van der Waals surface area contributed by atoms with E-state index in [1.54, 1.807) is 7.11 Å². The van der Waals surface area contributed by atoms with Gasteiger partial charge in [0.2, 0.25) is 0 Å². The molecule has 2 nitrogen and oxygen atoms in total. The quantitative estimate of drug-likeness (QED) is 0.897. The molecule has 1 aromatic rings. The van der Waals surface area contributed by atoms with Crippen LogP contribution in [0.25, 0.3) is 0 Å². The van der Waals surface area contributed by atoms with Gasteiger partial charge >= 0.3 is 0 Å². The largest absolute Gasteiger partial charge is 0.496 e. The molecule has 0 amide bonds. The van der Waals surface area contributed by atoms with Crippen molar-refractivity contribution in [3.63, 3.8) is 0 Å². The van der Waals surface area contributed by atoms with E-state index in [0.29, 0.717) is 0 Å². The number of halogens is 1. The van der Waals surface area contributed by atoms with E-state index in [4.69, 9.17) is 22.1 Å². The van der Waals surface area contributed by atoms with Gasteiger partial charge in [-0.25, -0.2) is 0 Å². The molecule has 0 bridgehead atoms. The van der Waals surface area contributed by atoms with E-state index in [1.807, 2.05) is 6.92 Å². The summed E-state index contributed by atoms with van der Waals surface area (Å²) in [6.07, 6.45) is 2.29. The molecule has 1 aliphatic carbocycles. The smallest absolute Gasteiger partial charge is 0.126 e. The van der Waals surface area contributed by atoms with Crippen molar-refractivity contribution in [2.75, 3.05) is 7.11 Å². The first kappa shape index (κ1) is 12.7. The maximum atomic E-state index is 6.29. The Bertz CT molecular complexity index is 450. The van der Waals surface area contributed by atoms with Crippen molar-refractivity contribution in [3.05, 3.63) is 27.8 Å². The summed E-state index contributed by atoms with van der Waals surface area (Å²) in [6.45, 7) is 6.16. The number of benzene rings is 1. The van der Waals surface area contributed by atoms with Crippen LogP contribution in [0.4, 0.5) is 0 Å². The standard InChI is InChI=1S/C14H20ClNO/c1-8-11(14(5-6-14)10(3)16)7-12(15)9(2)13(8)17-4/h7,10H,5-6,16H2,1-4H3. The maximum Gasteiger partial charge on any atom is 0.126 e. The van der Waals surface area contributed by atoms with Crippen LogP contribution in [0.2, 0.25) is 5.02 Å². The van der Waals surface area contributed by atoms with Gasteiger partial charge in [0.25, 0.3) is 0 Å². The zero-order chi connectivity index (χ0) is 12.8. The highest BCUT2D eigenvalue weighted by Gasteiger charge is 2.48. The van der Waals surface area contributed by atoms with Crippen LogP contribution in [-0.4, -0.2) is 13.2 Å². The molecular weight excluding hydrogens is 234 g/mol. The molecule has 1 unspecified atom stereocenters. The second-order valence-corrected chi connectivity index (χ2v) is 5.54. The van der Waals surface area contributed by atoms with Gasteiger partial charge in [-0.05, 0) is 50.8 Å². The first-order valence-corrected chi connectivity index (χ1v) is 6.41. The monoisotopic (exact) mass is 253 g/mol. The Morgan fingerprint density at radius 3 is 2.35 bits per heavy atom. The molecule has 2 rings (SSSR count). The molecule has 0 heterocycles. The first-order chi connectivity index (χ1) is 7.94. The molecule has 1 aliphatic rings. The second kappa shape index (κ2) is 4.18. The summed E-state index contributed by atoms with van der Waals surface area (Å²) < 4.78 is 5.47. The van der Waals surface area contributed by atoms with Gasteiger partial charge in [-0.3, -0.25) is 0 Å². The van der Waals surface area contributed by atoms with Crippen molar-refractivity contribution < 1.29 is 4.74 Å². The molecule has 1 fully saturated rings. The van der Waals surface area contributed by atoms with Crippen LogP contribution in [0.5, 0.6) is 5.75 Å². The predicted molar refractivity (Wildman–Crippen MR) is 72.0 cm³/mol. The molecule has 0 aliphatic heterocycles. The Kier molecular flexibility index (Phi) is 3.13. The van der Waals surface area contributed by atoms with Crippen LogP contribution in [0.15, 0.2) is 6.07 Å². The Hall–Kier alpha value is -0.730. The average molecular weight is 254 g/mol. The van der Waals surface area contributed by atoms with Crippen molar-refractivity contribution in [2.24, 2.45) is 5.73 Å². The van der Waals surface area contributed by atoms with Crippen LogP contribution in [0.1, 0.15) is 36.5 Å². The third kappa shape index (κ3) is 1.84. The summed E-state index contributed by atoms with van der Waals surface area (Å²) >= 11 is 6.29. The lowest BCUT2D eigenvalue weighted by Gasteiger charge is -2.25. The predicted octanol–water partition coefficient (Wildman–Crippen LogP) is 3.34. The zero-order valence-corrected chi connectivity index (χ0v) is 11.7. The lowest BCUT2D eigenvalue weighted by molar-refractivity contribution is 0.406. The fourth-order valence-electron chi connectivity index (χ4n) is 2.78. The van der Waals surface area contributed by atoms with E-state index in [0.717, 1.165) is 29.2 Å². The minimum absolute atomic E-state index is 0.120. The Morgan fingerprint density at radius 2 is 1.94 bits per heavy atom. The van der Waals surface area contributed by atoms with Gasteiger partial charge in [-0.2, -0.15) is 0 Å². The molecule has 1 atom stereocenters. The molecule has 0 radical (unpaired) electrons. The van der Waals surface area contributed by atoms with Gasteiger partial charge in [0, 0.05) is 22.0 Å². The maximum absolute atomic E-state index is 6.29. The van der Waals surface area contributed by atoms with Gasteiger partial charge < -0.3 is 10.5 Å². The summed E-state index contributed by atoms with van der Waals surface area (Å²) in [7, 11) is 1.70. The van der Waals surface area contributed by atoms with Gasteiger partial charge in [0.05, 0.1) is 7.11 Å². The van der Waals surface area contributed by atoms with Crippen LogP contribution in [0.3, 0.4) is 0 Å². The van der Waals surface area contributed by atoms with Gasteiger partial charge in [-0.1, -0.05) is 11.6 Å². The lowest BCUT2D eigenvalue weighted by atomic mass is 9.85. The van der Waals surface area contributed by atoms with Crippen LogP contribution < -0.4 is 10.5 Å². The van der Waals surface area contributed by atoms with E-state index in [-0.39, 0.29) is 11.5 Å². The summed E-state index contributed by atoms with van der Waals surface area (Å²) in [6, 6.07) is 2.23. The SMILES string of the molecule is COc1c(C)c(Cl)cc(C2(C(C)N)CC2)c1C. The third-order valence-corrected chi connectivity index (χ3v) is 4.51. The third-order valence-electron chi connectivity index (χ3n) is 4.12. The molecule has 0 spiro atoms. The molecule has 17 heavy (non-hydrogen) atoms. The normalized spacial score (nSPS) is 18.9. The highest BCUT2D eigenvalue weighted by atomic mass is 35.5. The van der Waals surface area contributed by atoms with Crippen molar-refractivity contribution in [3.8, 4) is 5.75 Å². The fourth-order valence-corrected chi connectivity index (χ4v) is 2.98. The van der Waals surface area contributed by atoms with Crippen LogP contribution in [-0.2, 0) is 5.41 Å². The number of nitrogens with two attached hydrogens (primary N) is 1. The molecule has 94 valence electrons. The van der Waals surface area contributed by atoms with Crippen LogP contribution >= 0.6 is 11.6 Å². The topological polar surface area (TPSA) is 35.2 Å². The molecule has 0 aromatic heterocycles. The number of hydrogen-bond donors (Lipinski definition) is 1. The number of ether oxygens (including phenoxy) is 1. The molecular formula is C14H20ClNO. The Balaban J connectivity index is 2.60. The number of methoxy groups -OCH3 is 1. The average Bonchev–Trinajstić information content (AvgIpc) is 3.05. The highest BCUT2D eigenvalue weighted by molar-refractivity contribution is 6.31. The first-order valence-electron chi connectivity index (χ1n) is 6.04. The molecule has 0 saturated heterocycles. The van der Waals surface area contributed by atoms with Crippen molar-refractivity contribution >= 4 is 11.6 Å². The number of rotatable bonds is 3. The summed E-state index contributed by atoms with van der Waals surface area (Å²) in [4.78, 5) is 0. The molecule has 1 aromatic carbocycles. The minimum Gasteiger partial charge on any atom is -0.496 e. The second-order valence-electron chi connectivity index (χ2n) is 5.13. The zero-order valence-electron chi connectivity index (χ0n) is 10.9. The van der Waals surface area contributed by atoms with Gasteiger partial charge in [0.1, 0.15) is 5.75 Å². The number of hydrogen-bond acceptors (Lipinski definition) is 2.